The second-order valence-electron chi connectivity index (χ2n) is 12.2. The number of nitrogens with one attached hydrogen (secondary N) is 1. The summed E-state index contributed by atoms with van der Waals surface area (Å²) in [7, 11) is 0. The van der Waals surface area contributed by atoms with Crippen LogP contribution in [-0.2, 0) is 78.2 Å². The van der Waals surface area contributed by atoms with Crippen LogP contribution in [-0.4, -0.2) is 115 Å². The van der Waals surface area contributed by atoms with E-state index >= 15 is 0 Å². The van der Waals surface area contributed by atoms with Crippen molar-refractivity contribution in [3.8, 4) is 5.75 Å². The van der Waals surface area contributed by atoms with E-state index in [1.165, 1.54) is 24.3 Å². The molecule has 334 valence electrons. The van der Waals surface area contributed by atoms with Crippen molar-refractivity contribution in [2.75, 3.05) is 46.2 Å². The van der Waals surface area contributed by atoms with Crippen LogP contribution in [0.3, 0.4) is 0 Å². The van der Waals surface area contributed by atoms with Crippen LogP contribution in [0, 0.1) is 30.3 Å². The van der Waals surface area contributed by atoms with Crippen LogP contribution < -0.4 is 10.1 Å². The number of rotatable bonds is 33. The minimum Gasteiger partial charge on any atom is -0.466 e. The van der Waals surface area contributed by atoms with Gasteiger partial charge in [0.25, 0.3) is 15.3 Å². The number of carbonyl (C=O) groups excluding carboxylic acids is 7. The highest BCUT2D eigenvalue weighted by Gasteiger charge is 2.25. The summed E-state index contributed by atoms with van der Waals surface area (Å²) >= 11 is 0. The molecule has 0 radical (unpaired) electrons. The highest BCUT2D eigenvalue weighted by molar-refractivity contribution is 5.86. The van der Waals surface area contributed by atoms with E-state index in [0.29, 0.717) is 50.5 Å². The van der Waals surface area contributed by atoms with Gasteiger partial charge in [-0.2, -0.15) is 0 Å². The number of esters is 6. The Bertz CT molecular complexity index is 1590. The van der Waals surface area contributed by atoms with E-state index in [1.54, 1.807) is 0 Å². The molecule has 60 heavy (non-hydrogen) atoms. The second kappa shape index (κ2) is 30.2. The summed E-state index contributed by atoms with van der Waals surface area (Å²) in [6, 6.07) is 4.12. The number of nitrogens with zero attached hydrogens (tertiary/aromatic N) is 3. The summed E-state index contributed by atoms with van der Waals surface area (Å²) in [6.45, 7) is -1.81. The van der Waals surface area contributed by atoms with Crippen LogP contribution in [0.4, 0.5) is 0 Å². The third-order valence-electron chi connectivity index (χ3n) is 7.34. The first kappa shape index (κ1) is 51.1. The molecule has 26 heteroatoms. The minimum absolute atomic E-state index is 0.0220. The van der Waals surface area contributed by atoms with E-state index in [4.69, 9.17) is 28.4 Å². The first-order chi connectivity index (χ1) is 28.5. The summed E-state index contributed by atoms with van der Waals surface area (Å²) in [6.07, 6.45) is 1.45. The Balaban J connectivity index is 2.58. The summed E-state index contributed by atoms with van der Waals surface area (Å²) in [4.78, 5) is 128. The molecule has 0 spiro atoms. The number of hydrogen-bond acceptors (Lipinski definition) is 22. The molecule has 1 N–H and O–H groups in total. The van der Waals surface area contributed by atoms with E-state index in [1.807, 2.05) is 0 Å². The zero-order valence-electron chi connectivity index (χ0n) is 32.5. The van der Waals surface area contributed by atoms with Crippen LogP contribution in [0.1, 0.15) is 76.7 Å². The Labute approximate surface area is 340 Å². The van der Waals surface area contributed by atoms with E-state index < -0.39 is 88.9 Å². The minimum atomic E-state index is -1.46. The normalized spacial score (nSPS) is 11.3. The standard InChI is InChI=1S/C34H46N4O22/c1-24(59-32(43)23-58-38(50)51)33(44)60-26-14-12-25(13-15-26)20-27(35-28(39)10-4-2-7-18-56-36(46)47)34(45)55-22-31(42)54-21-30(41)53-16-6-3-5-11-29(40)52-17-8-9-19-57-37(48)49/h12-15,24,27H,2-11,16-23H2,1H3,(H,35,39). The third kappa shape index (κ3) is 26.9. The lowest BCUT2D eigenvalue weighted by molar-refractivity contribution is -0.757. The van der Waals surface area contributed by atoms with Crippen molar-refractivity contribution in [2.24, 2.45) is 0 Å². The molecule has 0 aliphatic carbocycles. The number of ether oxygens (including phenoxy) is 6. The van der Waals surface area contributed by atoms with Crippen molar-refractivity contribution in [3.63, 3.8) is 0 Å². The average molecular weight is 863 g/mol. The molecule has 2 atom stereocenters. The van der Waals surface area contributed by atoms with Gasteiger partial charge in [0.2, 0.25) is 5.91 Å². The van der Waals surface area contributed by atoms with Crippen LogP contribution in [0.5, 0.6) is 5.75 Å². The van der Waals surface area contributed by atoms with Gasteiger partial charge in [0.1, 0.15) is 11.8 Å². The predicted molar refractivity (Wildman–Crippen MR) is 192 cm³/mol. The topological polar surface area (TPSA) is 344 Å². The quantitative estimate of drug-likeness (QED) is 0.0259. The summed E-state index contributed by atoms with van der Waals surface area (Å²) in [5.74, 6) is -6.34. The molecule has 1 amide bonds. The van der Waals surface area contributed by atoms with Gasteiger partial charge >= 0.3 is 35.8 Å². The van der Waals surface area contributed by atoms with Crippen molar-refractivity contribution < 1.29 is 91.8 Å². The van der Waals surface area contributed by atoms with Gasteiger partial charge in [-0.05, 0) is 69.6 Å². The molecule has 0 aliphatic rings. The molecule has 0 aliphatic heterocycles. The smallest absolute Gasteiger partial charge is 0.352 e. The first-order valence-electron chi connectivity index (χ1n) is 18.3. The Hall–Kier alpha value is -6.89. The van der Waals surface area contributed by atoms with E-state index in [9.17, 15) is 63.9 Å². The monoisotopic (exact) mass is 862 g/mol. The molecule has 1 rings (SSSR count). The second-order valence-corrected chi connectivity index (χ2v) is 12.2. The molecular formula is C34H46N4O22. The van der Waals surface area contributed by atoms with E-state index in [-0.39, 0.29) is 57.9 Å². The lowest BCUT2D eigenvalue weighted by Crippen LogP contribution is -2.43. The molecule has 0 aromatic heterocycles. The number of benzene rings is 1. The lowest BCUT2D eigenvalue weighted by Gasteiger charge is -2.18. The zero-order valence-corrected chi connectivity index (χ0v) is 32.5. The lowest BCUT2D eigenvalue weighted by atomic mass is 10.1. The van der Waals surface area contributed by atoms with Gasteiger partial charge in [-0.25, -0.2) is 24.0 Å². The fourth-order valence-electron chi connectivity index (χ4n) is 4.47. The van der Waals surface area contributed by atoms with E-state index in [2.05, 4.69) is 19.8 Å². The van der Waals surface area contributed by atoms with Gasteiger partial charge in [0.15, 0.2) is 25.9 Å². The van der Waals surface area contributed by atoms with Gasteiger partial charge in [0, 0.05) is 19.3 Å². The maximum atomic E-state index is 13.0. The van der Waals surface area contributed by atoms with Crippen molar-refractivity contribution in [1.82, 2.24) is 5.32 Å². The van der Waals surface area contributed by atoms with Crippen molar-refractivity contribution >= 4 is 41.7 Å². The van der Waals surface area contributed by atoms with Crippen molar-refractivity contribution in [2.45, 2.75) is 89.7 Å². The molecule has 1 aromatic rings. The number of hydrogen-bond donors (Lipinski definition) is 1. The summed E-state index contributed by atoms with van der Waals surface area (Å²) < 4.78 is 29.6. The van der Waals surface area contributed by atoms with Crippen LogP contribution >= 0.6 is 0 Å². The van der Waals surface area contributed by atoms with Crippen LogP contribution in [0.15, 0.2) is 24.3 Å². The molecule has 0 heterocycles. The number of unbranched alkanes of at least 4 members (excludes halogenated alkanes) is 5. The van der Waals surface area contributed by atoms with Crippen LogP contribution in [0.25, 0.3) is 0 Å². The average Bonchev–Trinajstić information content (AvgIpc) is 3.19. The highest BCUT2D eigenvalue weighted by Crippen LogP contribution is 2.16. The van der Waals surface area contributed by atoms with Gasteiger partial charge in [-0.3, -0.25) is 9.59 Å². The highest BCUT2D eigenvalue weighted by atomic mass is 17.0. The summed E-state index contributed by atoms with van der Waals surface area (Å²) in [5, 5.41) is 30.0. The Morgan fingerprint density at radius 2 is 1.08 bits per heavy atom. The molecule has 0 fully saturated rings. The van der Waals surface area contributed by atoms with E-state index in [0.717, 1.165) is 6.92 Å². The van der Waals surface area contributed by atoms with Gasteiger partial charge in [-0.1, -0.05) is 18.6 Å². The van der Waals surface area contributed by atoms with Crippen molar-refractivity contribution in [1.29, 1.82) is 0 Å². The molecule has 0 bridgehead atoms. The first-order valence-corrected chi connectivity index (χ1v) is 18.3. The summed E-state index contributed by atoms with van der Waals surface area (Å²) in [5.41, 5.74) is 0.408. The maximum absolute atomic E-state index is 13.0. The fourth-order valence-corrected chi connectivity index (χ4v) is 4.47. The number of amides is 1. The largest absolute Gasteiger partial charge is 0.466 e. The Kier molecular flexibility index (Phi) is 25.8. The predicted octanol–water partition coefficient (Wildman–Crippen LogP) is 1.25. The van der Waals surface area contributed by atoms with Gasteiger partial charge in [-0.15, -0.1) is 30.3 Å². The molecular weight excluding hydrogens is 816 g/mol. The van der Waals surface area contributed by atoms with Crippen molar-refractivity contribution in [3.05, 3.63) is 60.2 Å². The molecule has 26 nitrogen and oxygen atoms in total. The molecule has 0 saturated heterocycles. The fraction of sp³-hybridized carbons (Fsp3) is 0.618. The third-order valence-corrected chi connectivity index (χ3v) is 7.34. The van der Waals surface area contributed by atoms with Gasteiger partial charge < -0.3 is 48.3 Å². The molecule has 0 saturated carbocycles. The SMILES string of the molecule is CC(OC(=O)CO[N+](=O)[O-])C(=O)Oc1ccc(CC(NC(=O)CCCCCO[N+](=O)[O-])C(=O)OCC(=O)OCC(=O)OCCCCCC(=O)OCCCCO[N+](=O)[O-])cc1. The number of carbonyl (C=O) groups is 7. The Morgan fingerprint density at radius 1 is 0.567 bits per heavy atom. The van der Waals surface area contributed by atoms with Crippen LogP contribution in [0.2, 0.25) is 0 Å². The zero-order chi connectivity index (χ0) is 44.7. The molecule has 1 aromatic carbocycles. The Morgan fingerprint density at radius 3 is 1.70 bits per heavy atom. The van der Waals surface area contributed by atoms with Gasteiger partial charge in [0.05, 0.1) is 26.4 Å². The maximum Gasteiger partial charge on any atom is 0.352 e. The molecule has 2 unspecified atom stereocenters.